The van der Waals surface area contributed by atoms with E-state index in [2.05, 4.69) is 48.6 Å². The summed E-state index contributed by atoms with van der Waals surface area (Å²) in [5, 5.41) is 5.86. The van der Waals surface area contributed by atoms with Crippen molar-refractivity contribution in [2.24, 2.45) is 0 Å². The van der Waals surface area contributed by atoms with Crippen molar-refractivity contribution < 1.29 is 0 Å². The fourth-order valence-corrected chi connectivity index (χ4v) is 1.89. The molecule has 0 unspecified atom stereocenters. The largest absolute Gasteiger partial charge is 0.316 e. The molecule has 0 saturated carbocycles. The maximum atomic E-state index is 3.18. The van der Waals surface area contributed by atoms with E-state index in [-0.39, 0.29) is 0 Å². The summed E-state index contributed by atoms with van der Waals surface area (Å²) in [6.45, 7) is 3.10. The molecular formula is C13H15N. The fraction of sp³-hybridized carbons (Fsp3) is 0.231. The Morgan fingerprint density at radius 1 is 1.14 bits per heavy atom. The number of benzene rings is 2. The van der Waals surface area contributed by atoms with Crippen LogP contribution in [-0.2, 0) is 6.54 Å². The zero-order valence-corrected chi connectivity index (χ0v) is 8.67. The Bertz CT molecular complexity index is 446. The van der Waals surface area contributed by atoms with Gasteiger partial charge in [0, 0.05) is 6.54 Å². The molecule has 0 aliphatic rings. The van der Waals surface area contributed by atoms with Gasteiger partial charge in [0.05, 0.1) is 0 Å². The van der Waals surface area contributed by atoms with Crippen LogP contribution in [0.4, 0.5) is 0 Å². The molecular weight excluding hydrogens is 170 g/mol. The lowest BCUT2D eigenvalue weighted by Crippen LogP contribution is -2.05. The van der Waals surface area contributed by atoms with E-state index >= 15 is 0 Å². The van der Waals surface area contributed by atoms with Crippen molar-refractivity contribution in [3.05, 3.63) is 47.5 Å². The minimum atomic E-state index is 0.936. The smallest absolute Gasteiger partial charge is 0.0202 e. The number of nitrogens with one attached hydrogen (secondary N) is 1. The summed E-state index contributed by atoms with van der Waals surface area (Å²) in [6, 6.07) is 13.0. The molecule has 0 saturated heterocycles. The molecule has 0 spiro atoms. The predicted octanol–water partition coefficient (Wildman–Crippen LogP) is 2.87. The summed E-state index contributed by atoms with van der Waals surface area (Å²) in [6.07, 6.45) is 0. The van der Waals surface area contributed by atoms with Crippen LogP contribution in [0.5, 0.6) is 0 Å². The molecule has 2 rings (SSSR count). The fourth-order valence-electron chi connectivity index (χ4n) is 1.89. The second kappa shape index (κ2) is 3.81. The molecule has 0 aromatic heterocycles. The first-order chi connectivity index (χ1) is 6.81. The summed E-state index contributed by atoms with van der Waals surface area (Å²) in [4.78, 5) is 0. The highest BCUT2D eigenvalue weighted by Crippen LogP contribution is 2.20. The maximum absolute atomic E-state index is 3.18. The SMILES string of the molecule is CNCc1cc(C)c2ccccc2c1. The number of hydrogen-bond donors (Lipinski definition) is 1. The van der Waals surface area contributed by atoms with Crippen LogP contribution < -0.4 is 5.32 Å². The van der Waals surface area contributed by atoms with Gasteiger partial charge in [0.15, 0.2) is 0 Å². The first kappa shape index (κ1) is 9.22. The molecule has 0 bridgehead atoms. The van der Waals surface area contributed by atoms with Crippen LogP contribution in [0.1, 0.15) is 11.1 Å². The molecule has 2 aromatic rings. The zero-order chi connectivity index (χ0) is 9.97. The molecule has 0 aliphatic carbocycles. The van der Waals surface area contributed by atoms with Gasteiger partial charge in [-0.3, -0.25) is 0 Å². The predicted molar refractivity (Wildman–Crippen MR) is 61.4 cm³/mol. The van der Waals surface area contributed by atoms with E-state index in [0.29, 0.717) is 0 Å². The Hall–Kier alpha value is -1.34. The molecule has 72 valence electrons. The van der Waals surface area contributed by atoms with Gasteiger partial charge in [-0.15, -0.1) is 0 Å². The molecule has 2 aromatic carbocycles. The van der Waals surface area contributed by atoms with Crippen molar-refractivity contribution in [2.45, 2.75) is 13.5 Å². The molecule has 0 fully saturated rings. The van der Waals surface area contributed by atoms with E-state index in [1.54, 1.807) is 0 Å². The van der Waals surface area contributed by atoms with E-state index in [4.69, 9.17) is 0 Å². The van der Waals surface area contributed by atoms with Gasteiger partial charge in [0.25, 0.3) is 0 Å². The number of hydrogen-bond acceptors (Lipinski definition) is 1. The Labute approximate surface area is 84.8 Å². The average Bonchev–Trinajstić information content (AvgIpc) is 2.18. The minimum absolute atomic E-state index is 0.936. The molecule has 0 aliphatic heterocycles. The Kier molecular flexibility index (Phi) is 2.51. The third-order valence-corrected chi connectivity index (χ3v) is 2.51. The van der Waals surface area contributed by atoms with Crippen LogP contribution in [0.15, 0.2) is 36.4 Å². The third-order valence-electron chi connectivity index (χ3n) is 2.51. The van der Waals surface area contributed by atoms with Crippen molar-refractivity contribution in [1.82, 2.24) is 5.32 Å². The van der Waals surface area contributed by atoms with Gasteiger partial charge in [0.1, 0.15) is 0 Å². The molecule has 1 N–H and O–H groups in total. The Morgan fingerprint density at radius 2 is 1.93 bits per heavy atom. The van der Waals surface area contributed by atoms with Gasteiger partial charge in [-0.05, 0) is 41.9 Å². The van der Waals surface area contributed by atoms with Crippen LogP contribution >= 0.6 is 0 Å². The van der Waals surface area contributed by atoms with Crippen molar-refractivity contribution >= 4 is 10.8 Å². The summed E-state index contributed by atoms with van der Waals surface area (Å²) in [5.41, 5.74) is 2.71. The standard InChI is InChI=1S/C13H15N/c1-10-7-11(9-14-2)8-12-5-3-4-6-13(10)12/h3-8,14H,9H2,1-2H3. The number of rotatable bonds is 2. The van der Waals surface area contributed by atoms with E-state index in [1.807, 2.05) is 7.05 Å². The average molecular weight is 185 g/mol. The lowest BCUT2D eigenvalue weighted by atomic mass is 10.0. The lowest BCUT2D eigenvalue weighted by Gasteiger charge is -2.06. The molecule has 0 atom stereocenters. The van der Waals surface area contributed by atoms with Gasteiger partial charge in [-0.1, -0.05) is 30.3 Å². The molecule has 1 nitrogen and oxygen atoms in total. The number of aryl methyl sites for hydroxylation is 1. The molecule has 0 heterocycles. The van der Waals surface area contributed by atoms with Gasteiger partial charge in [-0.25, -0.2) is 0 Å². The highest BCUT2D eigenvalue weighted by atomic mass is 14.8. The Morgan fingerprint density at radius 3 is 2.71 bits per heavy atom. The van der Waals surface area contributed by atoms with E-state index in [9.17, 15) is 0 Å². The van der Waals surface area contributed by atoms with Crippen LogP contribution in [0, 0.1) is 6.92 Å². The minimum Gasteiger partial charge on any atom is -0.316 e. The van der Waals surface area contributed by atoms with Crippen molar-refractivity contribution in [2.75, 3.05) is 7.05 Å². The topological polar surface area (TPSA) is 12.0 Å². The molecule has 0 amide bonds. The number of fused-ring (bicyclic) bond motifs is 1. The van der Waals surface area contributed by atoms with Gasteiger partial charge in [0.2, 0.25) is 0 Å². The quantitative estimate of drug-likeness (QED) is 0.758. The van der Waals surface area contributed by atoms with Gasteiger partial charge in [-0.2, -0.15) is 0 Å². The first-order valence-electron chi connectivity index (χ1n) is 4.94. The zero-order valence-electron chi connectivity index (χ0n) is 8.67. The molecule has 0 radical (unpaired) electrons. The van der Waals surface area contributed by atoms with Crippen molar-refractivity contribution in [1.29, 1.82) is 0 Å². The highest BCUT2D eigenvalue weighted by Gasteiger charge is 1.98. The lowest BCUT2D eigenvalue weighted by molar-refractivity contribution is 0.818. The monoisotopic (exact) mass is 185 g/mol. The first-order valence-corrected chi connectivity index (χ1v) is 4.94. The molecule has 1 heteroatoms. The summed E-state index contributed by atoms with van der Waals surface area (Å²) >= 11 is 0. The van der Waals surface area contributed by atoms with Crippen molar-refractivity contribution in [3.63, 3.8) is 0 Å². The van der Waals surface area contributed by atoms with E-state index < -0.39 is 0 Å². The normalized spacial score (nSPS) is 10.7. The third kappa shape index (κ3) is 1.64. The second-order valence-electron chi connectivity index (χ2n) is 3.66. The van der Waals surface area contributed by atoms with Gasteiger partial charge < -0.3 is 5.32 Å². The summed E-state index contributed by atoms with van der Waals surface area (Å²) < 4.78 is 0. The van der Waals surface area contributed by atoms with Gasteiger partial charge >= 0.3 is 0 Å². The highest BCUT2D eigenvalue weighted by molar-refractivity contribution is 5.86. The van der Waals surface area contributed by atoms with E-state index in [1.165, 1.54) is 21.9 Å². The summed E-state index contributed by atoms with van der Waals surface area (Å²) in [7, 11) is 1.98. The van der Waals surface area contributed by atoms with Crippen molar-refractivity contribution in [3.8, 4) is 0 Å². The molecule has 14 heavy (non-hydrogen) atoms. The van der Waals surface area contributed by atoms with E-state index in [0.717, 1.165) is 6.54 Å². The van der Waals surface area contributed by atoms with Crippen LogP contribution in [-0.4, -0.2) is 7.05 Å². The Balaban J connectivity index is 2.60. The van der Waals surface area contributed by atoms with Crippen LogP contribution in [0.3, 0.4) is 0 Å². The second-order valence-corrected chi connectivity index (χ2v) is 3.66. The maximum Gasteiger partial charge on any atom is 0.0202 e. The van der Waals surface area contributed by atoms with Crippen LogP contribution in [0.2, 0.25) is 0 Å². The summed E-state index contributed by atoms with van der Waals surface area (Å²) in [5.74, 6) is 0. The van der Waals surface area contributed by atoms with Crippen LogP contribution in [0.25, 0.3) is 10.8 Å².